The fraction of sp³-hybridized carbons (Fsp3) is 0.300. The summed E-state index contributed by atoms with van der Waals surface area (Å²) in [7, 11) is 1.69. The van der Waals surface area contributed by atoms with E-state index in [0.717, 1.165) is 11.3 Å². The molecule has 1 atom stereocenters. The number of amides is 2. The average Bonchev–Trinajstić information content (AvgIpc) is 2.61. The second kappa shape index (κ2) is 7.30. The first-order chi connectivity index (χ1) is 11.3. The number of nitrogens with one attached hydrogen (secondary N) is 1. The van der Waals surface area contributed by atoms with Gasteiger partial charge in [-0.15, -0.1) is 0 Å². The minimum Gasteiger partial charge on any atom is -0.349 e. The molecule has 2 amide bonds. The van der Waals surface area contributed by atoms with E-state index in [1.807, 2.05) is 67.6 Å². The molecule has 2 rings (SSSR count). The molecule has 2 aromatic carbocycles. The molecule has 2 aromatic rings. The van der Waals surface area contributed by atoms with Crippen molar-refractivity contribution in [2.75, 3.05) is 11.9 Å². The van der Waals surface area contributed by atoms with Gasteiger partial charge in [0.05, 0.1) is 6.04 Å². The van der Waals surface area contributed by atoms with E-state index in [2.05, 4.69) is 5.32 Å². The summed E-state index contributed by atoms with van der Waals surface area (Å²) in [5.74, 6) is -0.530. The Balaban J connectivity index is 2.11. The largest absolute Gasteiger partial charge is 0.349 e. The molecule has 4 nitrogen and oxygen atoms in total. The second-order valence-corrected chi connectivity index (χ2v) is 6.43. The molecule has 126 valence electrons. The summed E-state index contributed by atoms with van der Waals surface area (Å²) >= 11 is 0. The third kappa shape index (κ3) is 3.82. The van der Waals surface area contributed by atoms with Crippen LogP contribution in [0.4, 0.5) is 5.69 Å². The van der Waals surface area contributed by atoms with Crippen molar-refractivity contribution in [2.24, 2.45) is 5.41 Å². The SMILES string of the molecule is CC(NC(=O)C(C)(C)C(=O)N(C)c1ccccc1)c1ccccc1. The molecule has 0 aliphatic heterocycles. The molecular formula is C20H24N2O2. The Kier molecular flexibility index (Phi) is 5.39. The summed E-state index contributed by atoms with van der Waals surface area (Å²) in [6.45, 7) is 5.22. The molecule has 0 aromatic heterocycles. The van der Waals surface area contributed by atoms with Gasteiger partial charge in [0.1, 0.15) is 5.41 Å². The third-order valence-electron chi connectivity index (χ3n) is 4.20. The van der Waals surface area contributed by atoms with Gasteiger partial charge in [-0.1, -0.05) is 48.5 Å². The quantitative estimate of drug-likeness (QED) is 0.855. The van der Waals surface area contributed by atoms with E-state index in [0.29, 0.717) is 0 Å². The van der Waals surface area contributed by atoms with Gasteiger partial charge < -0.3 is 10.2 Å². The summed E-state index contributed by atoms with van der Waals surface area (Å²) < 4.78 is 0. The number of benzene rings is 2. The van der Waals surface area contributed by atoms with Gasteiger partial charge in [-0.25, -0.2) is 0 Å². The first-order valence-corrected chi connectivity index (χ1v) is 8.03. The highest BCUT2D eigenvalue weighted by Crippen LogP contribution is 2.24. The monoisotopic (exact) mass is 324 g/mol. The number of para-hydroxylation sites is 1. The lowest BCUT2D eigenvalue weighted by Crippen LogP contribution is -2.49. The van der Waals surface area contributed by atoms with Crippen LogP contribution in [-0.2, 0) is 9.59 Å². The molecule has 0 aliphatic carbocycles. The van der Waals surface area contributed by atoms with Gasteiger partial charge >= 0.3 is 0 Å². The molecule has 0 saturated heterocycles. The van der Waals surface area contributed by atoms with Crippen LogP contribution in [0.3, 0.4) is 0 Å². The van der Waals surface area contributed by atoms with E-state index >= 15 is 0 Å². The predicted octanol–water partition coefficient (Wildman–Crippen LogP) is 3.55. The molecule has 0 fully saturated rings. The first kappa shape index (κ1) is 17.7. The zero-order valence-corrected chi connectivity index (χ0v) is 14.6. The van der Waals surface area contributed by atoms with Crippen molar-refractivity contribution in [3.05, 3.63) is 66.2 Å². The average molecular weight is 324 g/mol. The number of nitrogens with zero attached hydrogens (tertiary/aromatic N) is 1. The summed E-state index contributed by atoms with van der Waals surface area (Å²) in [5, 5.41) is 2.94. The van der Waals surface area contributed by atoms with Gasteiger partial charge in [0.2, 0.25) is 11.8 Å². The van der Waals surface area contributed by atoms with Crippen molar-refractivity contribution in [2.45, 2.75) is 26.8 Å². The van der Waals surface area contributed by atoms with E-state index in [4.69, 9.17) is 0 Å². The Morgan fingerprint density at radius 1 is 0.958 bits per heavy atom. The predicted molar refractivity (Wildman–Crippen MR) is 96.6 cm³/mol. The van der Waals surface area contributed by atoms with Crippen LogP contribution >= 0.6 is 0 Å². The Hall–Kier alpha value is -2.62. The molecule has 0 heterocycles. The summed E-state index contributed by atoms with van der Waals surface area (Å²) in [4.78, 5) is 27.0. The Morgan fingerprint density at radius 3 is 2.00 bits per heavy atom. The molecular weight excluding hydrogens is 300 g/mol. The van der Waals surface area contributed by atoms with Crippen molar-refractivity contribution in [1.82, 2.24) is 5.32 Å². The van der Waals surface area contributed by atoms with E-state index < -0.39 is 5.41 Å². The molecule has 0 radical (unpaired) electrons. The summed E-state index contributed by atoms with van der Waals surface area (Å²) in [6.07, 6.45) is 0. The van der Waals surface area contributed by atoms with Crippen LogP contribution in [0, 0.1) is 5.41 Å². The normalized spacial score (nSPS) is 12.3. The highest BCUT2D eigenvalue weighted by molar-refractivity contribution is 6.10. The molecule has 1 unspecified atom stereocenters. The number of hydrogen-bond acceptors (Lipinski definition) is 2. The molecule has 0 aliphatic rings. The maximum absolute atomic E-state index is 12.8. The number of hydrogen-bond donors (Lipinski definition) is 1. The van der Waals surface area contributed by atoms with Crippen LogP contribution < -0.4 is 10.2 Å². The molecule has 0 bridgehead atoms. The Labute approximate surface area is 143 Å². The highest BCUT2D eigenvalue weighted by Gasteiger charge is 2.39. The molecule has 24 heavy (non-hydrogen) atoms. The number of carbonyl (C=O) groups is 2. The van der Waals surface area contributed by atoms with Crippen LogP contribution in [0.2, 0.25) is 0 Å². The molecule has 1 N–H and O–H groups in total. The van der Waals surface area contributed by atoms with Gasteiger partial charge in [0.25, 0.3) is 0 Å². The number of anilines is 1. The van der Waals surface area contributed by atoms with Gasteiger partial charge in [-0.3, -0.25) is 9.59 Å². The lowest BCUT2D eigenvalue weighted by Gasteiger charge is -2.29. The third-order valence-corrected chi connectivity index (χ3v) is 4.20. The standard InChI is InChI=1S/C20H24N2O2/c1-15(16-11-7-5-8-12-16)21-18(23)20(2,3)19(24)22(4)17-13-9-6-10-14-17/h5-15H,1-4H3,(H,21,23). The van der Waals surface area contributed by atoms with E-state index in [1.54, 1.807) is 20.9 Å². The Morgan fingerprint density at radius 2 is 1.46 bits per heavy atom. The van der Waals surface area contributed by atoms with Crippen LogP contribution in [-0.4, -0.2) is 18.9 Å². The minimum absolute atomic E-state index is 0.159. The molecule has 0 saturated carbocycles. The van der Waals surface area contributed by atoms with Gasteiger partial charge in [-0.2, -0.15) is 0 Å². The van der Waals surface area contributed by atoms with Crippen molar-refractivity contribution >= 4 is 17.5 Å². The maximum atomic E-state index is 12.8. The second-order valence-electron chi connectivity index (χ2n) is 6.43. The van der Waals surface area contributed by atoms with E-state index in [-0.39, 0.29) is 17.9 Å². The zero-order chi connectivity index (χ0) is 17.7. The van der Waals surface area contributed by atoms with Crippen LogP contribution in [0.25, 0.3) is 0 Å². The zero-order valence-electron chi connectivity index (χ0n) is 14.6. The smallest absolute Gasteiger partial charge is 0.241 e. The van der Waals surface area contributed by atoms with Crippen molar-refractivity contribution in [3.8, 4) is 0 Å². The first-order valence-electron chi connectivity index (χ1n) is 8.03. The maximum Gasteiger partial charge on any atom is 0.241 e. The lowest BCUT2D eigenvalue weighted by atomic mass is 9.89. The highest BCUT2D eigenvalue weighted by atomic mass is 16.2. The molecule has 4 heteroatoms. The van der Waals surface area contributed by atoms with E-state index in [9.17, 15) is 9.59 Å². The summed E-state index contributed by atoms with van der Waals surface area (Å²) in [5.41, 5.74) is 0.609. The Bertz CT molecular complexity index is 696. The topological polar surface area (TPSA) is 49.4 Å². The molecule has 0 spiro atoms. The lowest BCUT2D eigenvalue weighted by molar-refractivity contribution is -0.140. The number of carbonyl (C=O) groups excluding carboxylic acids is 2. The van der Waals surface area contributed by atoms with Crippen molar-refractivity contribution in [1.29, 1.82) is 0 Å². The van der Waals surface area contributed by atoms with Crippen LogP contribution in [0.15, 0.2) is 60.7 Å². The fourth-order valence-corrected chi connectivity index (χ4v) is 2.49. The number of rotatable bonds is 5. The van der Waals surface area contributed by atoms with E-state index in [1.165, 1.54) is 4.90 Å². The fourth-order valence-electron chi connectivity index (χ4n) is 2.49. The van der Waals surface area contributed by atoms with Gasteiger partial charge in [0.15, 0.2) is 0 Å². The van der Waals surface area contributed by atoms with Gasteiger partial charge in [-0.05, 0) is 38.5 Å². The van der Waals surface area contributed by atoms with Crippen LogP contribution in [0.5, 0.6) is 0 Å². The minimum atomic E-state index is -1.16. The van der Waals surface area contributed by atoms with Crippen LogP contribution in [0.1, 0.15) is 32.4 Å². The van der Waals surface area contributed by atoms with Gasteiger partial charge in [0, 0.05) is 12.7 Å². The summed E-state index contributed by atoms with van der Waals surface area (Å²) in [6, 6.07) is 18.8. The van der Waals surface area contributed by atoms with Crippen molar-refractivity contribution in [3.63, 3.8) is 0 Å². The van der Waals surface area contributed by atoms with Crippen molar-refractivity contribution < 1.29 is 9.59 Å².